The standard InChI is InChI=1S/C7H8N2O5.C7H6N2O5/c1-7(9(13)14)4-5(8(11)12)2-3-6(7)10;1-4-6(10)3-2-5(8(11)12)7(4)9(13)14/h2-4,6,10H,1H3;2-3,10H,1H3. The van der Waals surface area contributed by atoms with Crippen molar-refractivity contribution < 1.29 is 29.9 Å². The first-order chi connectivity index (χ1) is 12.8. The highest BCUT2D eigenvalue weighted by atomic mass is 16.6. The lowest BCUT2D eigenvalue weighted by Gasteiger charge is -2.22. The van der Waals surface area contributed by atoms with Crippen LogP contribution >= 0.6 is 0 Å². The highest BCUT2D eigenvalue weighted by molar-refractivity contribution is 5.61. The van der Waals surface area contributed by atoms with Crippen LogP contribution in [0.5, 0.6) is 5.75 Å². The molecule has 1 aliphatic carbocycles. The molecule has 28 heavy (non-hydrogen) atoms. The summed E-state index contributed by atoms with van der Waals surface area (Å²) in [7, 11) is 0. The minimum Gasteiger partial charge on any atom is -0.507 e. The fourth-order valence-electron chi connectivity index (χ4n) is 2.14. The number of aliphatic hydroxyl groups is 1. The van der Waals surface area contributed by atoms with Gasteiger partial charge in [0.25, 0.3) is 11.2 Å². The second kappa shape index (κ2) is 8.17. The Hall–Kier alpha value is -3.94. The fourth-order valence-corrected chi connectivity index (χ4v) is 2.14. The molecule has 0 amide bonds. The molecular formula is C14H14N4O10. The van der Waals surface area contributed by atoms with Crippen LogP contribution in [0.1, 0.15) is 12.5 Å². The van der Waals surface area contributed by atoms with E-state index in [0.29, 0.717) is 0 Å². The van der Waals surface area contributed by atoms with Gasteiger partial charge in [0.1, 0.15) is 11.9 Å². The van der Waals surface area contributed by atoms with Gasteiger partial charge in [0.05, 0.1) is 26.4 Å². The van der Waals surface area contributed by atoms with Gasteiger partial charge in [-0.3, -0.25) is 40.5 Å². The molecule has 0 radical (unpaired) electrons. The third-order valence-electron chi connectivity index (χ3n) is 3.85. The molecule has 2 unspecified atom stereocenters. The molecule has 0 saturated heterocycles. The fraction of sp³-hybridized carbons (Fsp3) is 0.286. The molecule has 0 aromatic heterocycles. The topological polar surface area (TPSA) is 213 Å². The van der Waals surface area contributed by atoms with Gasteiger partial charge in [-0.1, -0.05) is 0 Å². The molecule has 1 aromatic rings. The van der Waals surface area contributed by atoms with E-state index in [1.807, 2.05) is 0 Å². The van der Waals surface area contributed by atoms with Crippen LogP contribution in [0.15, 0.2) is 36.1 Å². The quantitative estimate of drug-likeness (QED) is 0.552. The van der Waals surface area contributed by atoms with Crippen molar-refractivity contribution in [3.05, 3.63) is 82.1 Å². The predicted octanol–water partition coefficient (Wildman–Crippen LogP) is 1.63. The molecule has 0 saturated carbocycles. The average Bonchev–Trinajstić information content (AvgIpc) is 2.59. The number of phenols is 1. The van der Waals surface area contributed by atoms with Crippen LogP contribution in [0.2, 0.25) is 0 Å². The molecule has 1 aromatic carbocycles. The lowest BCUT2D eigenvalue weighted by Crippen LogP contribution is -2.45. The maximum atomic E-state index is 10.6. The molecule has 0 spiro atoms. The molecule has 0 fully saturated rings. The molecule has 14 heteroatoms. The normalized spacial score (nSPS) is 20.4. The van der Waals surface area contributed by atoms with Crippen LogP contribution in [0.3, 0.4) is 0 Å². The van der Waals surface area contributed by atoms with E-state index in [9.17, 15) is 45.6 Å². The second-order valence-electron chi connectivity index (χ2n) is 5.70. The summed E-state index contributed by atoms with van der Waals surface area (Å²) in [6.45, 7) is 2.38. The van der Waals surface area contributed by atoms with Gasteiger partial charge in [-0.2, -0.15) is 0 Å². The SMILES string of the molecule is CC1([N+](=O)[O-])C=C([N+](=O)[O-])C=CC1O.Cc1c(O)ccc([N+](=O)[O-])c1[N+](=O)[O-]. The number of aliphatic hydroxyl groups excluding tert-OH is 1. The van der Waals surface area contributed by atoms with E-state index >= 15 is 0 Å². The lowest BCUT2D eigenvalue weighted by atomic mass is 9.90. The van der Waals surface area contributed by atoms with E-state index in [-0.39, 0.29) is 17.0 Å². The summed E-state index contributed by atoms with van der Waals surface area (Å²) in [5.41, 5.74) is -3.60. The van der Waals surface area contributed by atoms with Crippen molar-refractivity contribution in [2.45, 2.75) is 25.5 Å². The zero-order valence-corrected chi connectivity index (χ0v) is 14.4. The van der Waals surface area contributed by atoms with Crippen molar-refractivity contribution >= 4 is 11.4 Å². The van der Waals surface area contributed by atoms with Crippen LogP contribution in [-0.2, 0) is 0 Å². The zero-order chi connectivity index (χ0) is 21.8. The van der Waals surface area contributed by atoms with E-state index < -0.39 is 42.7 Å². The monoisotopic (exact) mass is 398 g/mol. The first-order valence-corrected chi connectivity index (χ1v) is 7.32. The number of rotatable bonds is 4. The van der Waals surface area contributed by atoms with Crippen molar-refractivity contribution in [2.75, 3.05) is 0 Å². The Morgan fingerprint density at radius 1 is 1.00 bits per heavy atom. The van der Waals surface area contributed by atoms with Gasteiger partial charge < -0.3 is 10.2 Å². The van der Waals surface area contributed by atoms with Gasteiger partial charge in [0.15, 0.2) is 0 Å². The Morgan fingerprint density at radius 3 is 2.00 bits per heavy atom. The van der Waals surface area contributed by atoms with Crippen molar-refractivity contribution in [2.24, 2.45) is 0 Å². The number of aromatic hydroxyl groups is 1. The number of hydrogen-bond donors (Lipinski definition) is 2. The Balaban J connectivity index is 0.000000280. The first-order valence-electron chi connectivity index (χ1n) is 7.32. The summed E-state index contributed by atoms with van der Waals surface area (Å²) < 4.78 is 0. The van der Waals surface area contributed by atoms with Gasteiger partial charge in [-0.05, 0) is 19.1 Å². The number of hydrogen-bond acceptors (Lipinski definition) is 10. The number of nitro groups is 4. The zero-order valence-electron chi connectivity index (χ0n) is 14.4. The Kier molecular flexibility index (Phi) is 6.45. The third kappa shape index (κ3) is 4.42. The van der Waals surface area contributed by atoms with Gasteiger partial charge in [0, 0.05) is 24.0 Å². The number of allylic oxidation sites excluding steroid dienone is 1. The van der Waals surface area contributed by atoms with Crippen LogP contribution in [0.25, 0.3) is 0 Å². The third-order valence-corrected chi connectivity index (χ3v) is 3.85. The first kappa shape index (κ1) is 22.1. The Morgan fingerprint density at radius 2 is 1.57 bits per heavy atom. The number of nitro benzene ring substituents is 2. The second-order valence-corrected chi connectivity index (χ2v) is 5.70. The van der Waals surface area contributed by atoms with Gasteiger partial charge >= 0.3 is 11.4 Å². The average molecular weight is 398 g/mol. The van der Waals surface area contributed by atoms with Crippen molar-refractivity contribution in [3.63, 3.8) is 0 Å². The summed E-state index contributed by atoms with van der Waals surface area (Å²) in [6, 6.07) is 1.96. The summed E-state index contributed by atoms with van der Waals surface area (Å²) in [4.78, 5) is 38.6. The highest BCUT2D eigenvalue weighted by Gasteiger charge is 2.46. The summed E-state index contributed by atoms with van der Waals surface area (Å²) in [5.74, 6) is -0.331. The Labute approximate surface area is 155 Å². The van der Waals surface area contributed by atoms with Gasteiger partial charge in [-0.25, -0.2) is 0 Å². The van der Waals surface area contributed by atoms with Crippen molar-refractivity contribution in [3.8, 4) is 5.75 Å². The predicted molar refractivity (Wildman–Crippen MR) is 91.8 cm³/mol. The lowest BCUT2D eigenvalue weighted by molar-refractivity contribution is -0.562. The maximum absolute atomic E-state index is 10.6. The smallest absolute Gasteiger partial charge is 0.352 e. The van der Waals surface area contributed by atoms with Gasteiger partial charge in [-0.15, -0.1) is 0 Å². The van der Waals surface area contributed by atoms with Crippen LogP contribution < -0.4 is 0 Å². The Bertz CT molecular complexity index is 910. The van der Waals surface area contributed by atoms with Crippen LogP contribution in [-0.4, -0.2) is 41.5 Å². The largest absolute Gasteiger partial charge is 0.507 e. The molecule has 1 aliphatic rings. The van der Waals surface area contributed by atoms with E-state index in [4.69, 9.17) is 5.11 Å². The van der Waals surface area contributed by atoms with E-state index in [1.54, 1.807) is 0 Å². The molecule has 0 bridgehead atoms. The molecule has 0 heterocycles. The molecule has 2 atom stereocenters. The number of benzene rings is 1. The number of phenolic OH excluding ortho intramolecular Hbond substituents is 1. The molecule has 150 valence electrons. The molecule has 14 nitrogen and oxygen atoms in total. The van der Waals surface area contributed by atoms with Crippen molar-refractivity contribution in [1.82, 2.24) is 0 Å². The minimum absolute atomic E-state index is 0.107. The van der Waals surface area contributed by atoms with E-state index in [2.05, 4.69) is 0 Å². The van der Waals surface area contributed by atoms with Crippen molar-refractivity contribution in [1.29, 1.82) is 0 Å². The molecule has 2 N–H and O–H groups in total. The highest BCUT2D eigenvalue weighted by Crippen LogP contribution is 2.35. The number of nitrogens with zero attached hydrogens (tertiary/aromatic N) is 4. The van der Waals surface area contributed by atoms with E-state index in [1.165, 1.54) is 6.92 Å². The summed E-state index contributed by atoms with van der Waals surface area (Å²) in [5, 5.41) is 60.3. The van der Waals surface area contributed by atoms with Crippen LogP contribution in [0.4, 0.5) is 11.4 Å². The summed E-state index contributed by atoms with van der Waals surface area (Å²) in [6.07, 6.45) is 1.59. The molecular weight excluding hydrogens is 384 g/mol. The molecule has 0 aliphatic heterocycles. The molecule has 2 rings (SSSR count). The maximum Gasteiger partial charge on any atom is 0.352 e. The van der Waals surface area contributed by atoms with Gasteiger partial charge in [0.2, 0.25) is 0 Å². The summed E-state index contributed by atoms with van der Waals surface area (Å²) >= 11 is 0. The van der Waals surface area contributed by atoms with E-state index in [0.717, 1.165) is 37.3 Å². The minimum atomic E-state index is -1.82. The van der Waals surface area contributed by atoms with Crippen LogP contribution in [0, 0.1) is 47.4 Å².